The van der Waals surface area contributed by atoms with E-state index in [4.69, 9.17) is 5.26 Å². The van der Waals surface area contributed by atoms with Crippen LogP contribution in [-0.2, 0) is 6.54 Å². The van der Waals surface area contributed by atoms with Gasteiger partial charge in [-0.05, 0) is 43.4 Å². The number of amides is 2. The molecule has 2 aromatic rings. The number of urea groups is 1. The Morgan fingerprint density at radius 2 is 2.35 bits per heavy atom. The second-order valence-electron chi connectivity index (χ2n) is 5.76. The fraction of sp³-hybridized carbons (Fsp3) is 0.353. The summed E-state index contributed by atoms with van der Waals surface area (Å²) >= 11 is 1.64. The molecule has 0 saturated heterocycles. The van der Waals surface area contributed by atoms with Crippen molar-refractivity contribution in [2.75, 3.05) is 0 Å². The molecule has 0 radical (unpaired) electrons. The highest BCUT2D eigenvalue weighted by molar-refractivity contribution is 7.11. The first-order chi connectivity index (χ1) is 11.2. The van der Waals surface area contributed by atoms with Crippen LogP contribution in [-0.4, -0.2) is 11.0 Å². The summed E-state index contributed by atoms with van der Waals surface area (Å²) < 4.78 is 0. The van der Waals surface area contributed by atoms with E-state index >= 15 is 0 Å². The van der Waals surface area contributed by atoms with Crippen molar-refractivity contribution in [1.29, 1.82) is 5.26 Å². The Bertz CT molecular complexity index is 745. The number of hydrogen-bond acceptors (Lipinski definition) is 4. The van der Waals surface area contributed by atoms with Gasteiger partial charge in [0.1, 0.15) is 5.01 Å². The van der Waals surface area contributed by atoms with Crippen molar-refractivity contribution in [3.8, 4) is 6.07 Å². The quantitative estimate of drug-likeness (QED) is 0.885. The molecular weight excluding hydrogens is 308 g/mol. The minimum absolute atomic E-state index is 0.000794. The molecule has 1 fully saturated rings. The Kier molecular flexibility index (Phi) is 4.58. The highest BCUT2D eigenvalue weighted by Crippen LogP contribution is 2.41. The summed E-state index contributed by atoms with van der Waals surface area (Å²) in [5.74, 6) is 0.494. The predicted octanol–water partition coefficient (Wildman–Crippen LogP) is 3.27. The molecule has 6 heteroatoms. The average Bonchev–Trinajstić information content (AvgIpc) is 3.32. The van der Waals surface area contributed by atoms with E-state index in [9.17, 15) is 4.79 Å². The van der Waals surface area contributed by atoms with Crippen LogP contribution in [0.1, 0.15) is 39.9 Å². The average molecular weight is 326 g/mol. The van der Waals surface area contributed by atoms with Crippen LogP contribution in [0.15, 0.2) is 30.5 Å². The number of aryl methyl sites for hydroxylation is 1. The van der Waals surface area contributed by atoms with E-state index in [1.165, 1.54) is 0 Å². The predicted molar refractivity (Wildman–Crippen MR) is 88.8 cm³/mol. The SMILES string of the molecule is Cc1cnc([C@H](NC(=O)NCc2cccc(C#N)c2)C2CC2)s1. The molecule has 0 bridgehead atoms. The third kappa shape index (κ3) is 4.08. The molecule has 0 unspecified atom stereocenters. The van der Waals surface area contributed by atoms with Gasteiger partial charge in [0.05, 0.1) is 17.7 Å². The molecule has 1 aliphatic carbocycles. The summed E-state index contributed by atoms with van der Waals surface area (Å²) in [5.41, 5.74) is 1.51. The lowest BCUT2D eigenvalue weighted by Crippen LogP contribution is -2.38. The monoisotopic (exact) mass is 326 g/mol. The number of hydrogen-bond donors (Lipinski definition) is 2. The van der Waals surface area contributed by atoms with E-state index in [0.29, 0.717) is 18.0 Å². The molecule has 3 rings (SSSR count). The second kappa shape index (κ2) is 6.80. The third-order valence-electron chi connectivity index (χ3n) is 3.79. The number of carbonyl (C=O) groups is 1. The fourth-order valence-electron chi connectivity index (χ4n) is 2.45. The molecule has 1 saturated carbocycles. The van der Waals surface area contributed by atoms with Crippen LogP contribution in [0.5, 0.6) is 0 Å². The Balaban J connectivity index is 1.58. The van der Waals surface area contributed by atoms with E-state index in [0.717, 1.165) is 28.3 Å². The highest BCUT2D eigenvalue weighted by Gasteiger charge is 2.35. The first-order valence-electron chi connectivity index (χ1n) is 7.61. The van der Waals surface area contributed by atoms with Crippen LogP contribution in [0.4, 0.5) is 4.79 Å². The van der Waals surface area contributed by atoms with E-state index in [2.05, 4.69) is 21.7 Å². The first-order valence-corrected chi connectivity index (χ1v) is 8.43. The normalized spacial score (nSPS) is 14.8. The fourth-order valence-corrected chi connectivity index (χ4v) is 3.37. The van der Waals surface area contributed by atoms with Gasteiger partial charge in [-0.2, -0.15) is 5.26 Å². The summed E-state index contributed by atoms with van der Waals surface area (Å²) in [4.78, 5) is 17.7. The lowest BCUT2D eigenvalue weighted by molar-refractivity contribution is 0.235. The van der Waals surface area contributed by atoms with Gasteiger partial charge < -0.3 is 10.6 Å². The Hall–Kier alpha value is -2.39. The maximum Gasteiger partial charge on any atom is 0.315 e. The molecule has 1 aromatic carbocycles. The van der Waals surface area contributed by atoms with Crippen LogP contribution in [0.3, 0.4) is 0 Å². The molecule has 118 valence electrons. The van der Waals surface area contributed by atoms with E-state index in [1.807, 2.05) is 25.3 Å². The molecule has 0 aliphatic heterocycles. The lowest BCUT2D eigenvalue weighted by Gasteiger charge is -2.16. The van der Waals surface area contributed by atoms with Gasteiger partial charge >= 0.3 is 6.03 Å². The van der Waals surface area contributed by atoms with Crippen molar-refractivity contribution in [1.82, 2.24) is 15.6 Å². The van der Waals surface area contributed by atoms with E-state index in [-0.39, 0.29) is 12.1 Å². The molecule has 1 atom stereocenters. The Morgan fingerprint density at radius 3 is 3.00 bits per heavy atom. The smallest absolute Gasteiger partial charge is 0.315 e. The highest BCUT2D eigenvalue weighted by atomic mass is 32.1. The van der Waals surface area contributed by atoms with Crippen molar-refractivity contribution in [3.63, 3.8) is 0 Å². The summed E-state index contributed by atoms with van der Waals surface area (Å²) in [6.45, 7) is 2.42. The first kappa shape index (κ1) is 15.5. The van der Waals surface area contributed by atoms with Crippen LogP contribution in [0, 0.1) is 24.2 Å². The zero-order chi connectivity index (χ0) is 16.2. The summed E-state index contributed by atoms with van der Waals surface area (Å²) in [5, 5.41) is 15.8. The van der Waals surface area contributed by atoms with Crippen molar-refractivity contribution >= 4 is 17.4 Å². The van der Waals surface area contributed by atoms with Gasteiger partial charge in [-0.25, -0.2) is 9.78 Å². The van der Waals surface area contributed by atoms with Crippen molar-refractivity contribution in [3.05, 3.63) is 51.5 Å². The number of nitrogens with one attached hydrogen (secondary N) is 2. The second-order valence-corrected chi connectivity index (χ2v) is 7.03. The topological polar surface area (TPSA) is 77.8 Å². The molecular formula is C17H18N4OS. The van der Waals surface area contributed by atoms with Gasteiger partial charge in [0.15, 0.2) is 0 Å². The Morgan fingerprint density at radius 1 is 1.52 bits per heavy atom. The number of nitrogens with zero attached hydrogens (tertiary/aromatic N) is 2. The largest absolute Gasteiger partial charge is 0.334 e. The van der Waals surface area contributed by atoms with Crippen molar-refractivity contribution in [2.45, 2.75) is 32.4 Å². The third-order valence-corrected chi connectivity index (χ3v) is 4.79. The molecule has 23 heavy (non-hydrogen) atoms. The van der Waals surface area contributed by atoms with E-state index < -0.39 is 0 Å². The summed E-state index contributed by atoms with van der Waals surface area (Å²) in [6, 6.07) is 9.14. The number of nitriles is 1. The molecule has 2 amide bonds. The van der Waals surface area contributed by atoms with Crippen molar-refractivity contribution in [2.24, 2.45) is 5.92 Å². The minimum atomic E-state index is -0.197. The van der Waals surface area contributed by atoms with Crippen LogP contribution in [0.2, 0.25) is 0 Å². The van der Waals surface area contributed by atoms with Gasteiger partial charge in [0.25, 0.3) is 0 Å². The number of carbonyl (C=O) groups excluding carboxylic acids is 1. The Labute approximate surface area is 139 Å². The number of aromatic nitrogens is 1. The van der Waals surface area contributed by atoms with Crippen LogP contribution in [0.25, 0.3) is 0 Å². The van der Waals surface area contributed by atoms with E-state index in [1.54, 1.807) is 23.5 Å². The van der Waals surface area contributed by atoms with Gasteiger partial charge in [-0.1, -0.05) is 12.1 Å². The van der Waals surface area contributed by atoms with Crippen LogP contribution >= 0.6 is 11.3 Å². The molecule has 0 spiro atoms. The van der Waals surface area contributed by atoms with Gasteiger partial charge in [0, 0.05) is 17.6 Å². The molecule has 5 nitrogen and oxygen atoms in total. The zero-order valence-corrected chi connectivity index (χ0v) is 13.7. The van der Waals surface area contributed by atoms with Gasteiger partial charge in [0.2, 0.25) is 0 Å². The number of thiazole rings is 1. The zero-order valence-electron chi connectivity index (χ0n) is 12.9. The molecule has 1 aromatic heterocycles. The molecule has 1 aliphatic rings. The summed E-state index contributed by atoms with van der Waals surface area (Å²) in [6.07, 6.45) is 4.12. The molecule has 2 N–H and O–H groups in total. The van der Waals surface area contributed by atoms with Gasteiger partial charge in [-0.3, -0.25) is 0 Å². The maximum atomic E-state index is 12.2. The summed E-state index contributed by atoms with van der Waals surface area (Å²) in [7, 11) is 0. The van der Waals surface area contributed by atoms with Gasteiger partial charge in [-0.15, -0.1) is 11.3 Å². The standard InChI is InChI=1S/C17H18N4OS/c1-11-9-19-16(23-11)15(14-5-6-14)21-17(22)20-10-13-4-2-3-12(7-13)8-18/h2-4,7,9,14-15H,5-6,10H2,1H3,(H2,20,21,22)/t15-/m1/s1. The van der Waals surface area contributed by atoms with Crippen molar-refractivity contribution < 1.29 is 4.79 Å². The number of benzene rings is 1. The lowest BCUT2D eigenvalue weighted by atomic mass is 10.1. The molecule has 1 heterocycles. The minimum Gasteiger partial charge on any atom is -0.334 e. The number of rotatable bonds is 5. The maximum absolute atomic E-state index is 12.2. The van der Waals surface area contributed by atoms with Crippen LogP contribution < -0.4 is 10.6 Å².